The zero-order valence-electron chi connectivity index (χ0n) is 16.1. The Hall–Kier alpha value is -2.29. The molecule has 1 N–H and O–H groups in total. The monoisotopic (exact) mass is 461 g/mol. The van der Waals surface area contributed by atoms with Gasteiger partial charge in [-0.2, -0.15) is 0 Å². The number of morpholine rings is 1. The zero-order chi connectivity index (χ0) is 20.6. The van der Waals surface area contributed by atoms with E-state index in [1.54, 1.807) is 36.4 Å². The summed E-state index contributed by atoms with van der Waals surface area (Å²) in [4.78, 5) is 40.5. The Morgan fingerprint density at radius 2 is 1.83 bits per heavy atom. The topological polar surface area (TPSA) is 80.6 Å². The van der Waals surface area contributed by atoms with Crippen LogP contribution in [-0.4, -0.2) is 60.6 Å². The van der Waals surface area contributed by atoms with Crippen LogP contribution in [0, 0.1) is 0 Å². The van der Waals surface area contributed by atoms with Gasteiger partial charge in [0, 0.05) is 41.9 Å². The van der Waals surface area contributed by atoms with E-state index in [1.165, 1.54) is 16.8 Å². The Morgan fingerprint density at radius 1 is 1.10 bits per heavy atom. The first kappa shape index (κ1) is 21.4. The first-order valence-corrected chi connectivity index (χ1v) is 10.4. The Labute approximate surface area is 177 Å². The predicted octanol–water partition coefficient (Wildman–Crippen LogP) is 1.87. The van der Waals surface area contributed by atoms with E-state index in [2.05, 4.69) is 26.1 Å². The lowest BCUT2D eigenvalue weighted by Crippen LogP contribution is -2.42. The zero-order valence-corrected chi connectivity index (χ0v) is 17.6. The summed E-state index contributed by atoms with van der Waals surface area (Å²) in [5.74, 6) is -0.898. The van der Waals surface area contributed by atoms with Crippen molar-refractivity contribution in [2.75, 3.05) is 39.4 Å². The number of ether oxygens (including phenoxy) is 1. The number of benzene rings is 1. The summed E-state index contributed by atoms with van der Waals surface area (Å²) >= 11 is 3.33. The summed E-state index contributed by atoms with van der Waals surface area (Å²) in [5, 5.41) is 2.82. The van der Waals surface area contributed by atoms with Crippen molar-refractivity contribution < 1.29 is 14.3 Å². The van der Waals surface area contributed by atoms with Gasteiger partial charge in [0.25, 0.3) is 11.5 Å². The summed E-state index contributed by atoms with van der Waals surface area (Å²) in [6.07, 6.45) is 2.23. The number of nitrogens with one attached hydrogen (secondary N) is 1. The van der Waals surface area contributed by atoms with E-state index in [-0.39, 0.29) is 0 Å². The van der Waals surface area contributed by atoms with Crippen LogP contribution in [-0.2, 0) is 9.53 Å². The molecule has 1 aliphatic heterocycles. The fourth-order valence-electron chi connectivity index (χ4n) is 3.23. The second kappa shape index (κ2) is 10.5. The maximum absolute atomic E-state index is 13.1. The van der Waals surface area contributed by atoms with Crippen molar-refractivity contribution in [3.8, 4) is 0 Å². The predicted molar refractivity (Wildman–Crippen MR) is 113 cm³/mol. The van der Waals surface area contributed by atoms with Gasteiger partial charge in [0.1, 0.15) is 0 Å². The molecule has 2 heterocycles. The molecule has 2 aromatic rings. The van der Waals surface area contributed by atoms with Crippen LogP contribution in [0.25, 0.3) is 0 Å². The lowest BCUT2D eigenvalue weighted by molar-refractivity contribution is -0.123. The number of hydrogen-bond donors (Lipinski definition) is 1. The fourth-order valence-corrected chi connectivity index (χ4v) is 3.50. The highest BCUT2D eigenvalue weighted by Crippen LogP contribution is 2.17. The second-order valence-electron chi connectivity index (χ2n) is 6.82. The minimum atomic E-state index is -1.24. The van der Waals surface area contributed by atoms with Crippen LogP contribution in [0.5, 0.6) is 0 Å². The van der Waals surface area contributed by atoms with Gasteiger partial charge in [0.15, 0.2) is 11.8 Å². The molecule has 0 bridgehead atoms. The molecule has 1 fully saturated rings. The number of rotatable bonds is 8. The number of carbonyl (C=O) groups is 2. The van der Waals surface area contributed by atoms with Crippen molar-refractivity contribution in [1.29, 1.82) is 0 Å². The average Bonchev–Trinajstić information content (AvgIpc) is 2.74. The van der Waals surface area contributed by atoms with Crippen LogP contribution in [0.3, 0.4) is 0 Å². The summed E-state index contributed by atoms with van der Waals surface area (Å²) in [6.45, 7) is 4.51. The van der Waals surface area contributed by atoms with Gasteiger partial charge in [-0.25, -0.2) is 0 Å². The largest absolute Gasteiger partial charge is 0.379 e. The maximum Gasteiger partial charge on any atom is 0.251 e. The third-order valence-electron chi connectivity index (χ3n) is 4.81. The SMILES string of the molecule is O=C(NCCCN1CCOCC1)[C@@H](C(=O)c1ccc(Br)cc1)n1ccccc1=O. The minimum Gasteiger partial charge on any atom is -0.379 e. The van der Waals surface area contributed by atoms with Gasteiger partial charge >= 0.3 is 0 Å². The van der Waals surface area contributed by atoms with Crippen molar-refractivity contribution in [3.63, 3.8) is 0 Å². The third-order valence-corrected chi connectivity index (χ3v) is 5.34. The molecule has 0 aliphatic carbocycles. The number of hydrogen-bond acceptors (Lipinski definition) is 5. The molecule has 3 rings (SSSR count). The molecular formula is C21H24BrN3O4. The molecule has 1 aromatic carbocycles. The van der Waals surface area contributed by atoms with Crippen LogP contribution in [0.4, 0.5) is 0 Å². The first-order chi connectivity index (χ1) is 14.1. The fraction of sp³-hybridized carbons (Fsp3) is 0.381. The van der Waals surface area contributed by atoms with Gasteiger partial charge in [0.2, 0.25) is 0 Å². The standard InChI is InChI=1S/C21H24BrN3O4/c22-17-7-5-16(6-8-17)20(27)19(25-11-2-1-4-18(25)26)21(28)23-9-3-10-24-12-14-29-15-13-24/h1-2,4-8,11,19H,3,9-10,12-15H2,(H,23,28)/t19-/m1/s1. The van der Waals surface area contributed by atoms with Crippen LogP contribution < -0.4 is 10.9 Å². The van der Waals surface area contributed by atoms with Crippen molar-refractivity contribution in [2.45, 2.75) is 12.5 Å². The van der Waals surface area contributed by atoms with Gasteiger partial charge in [-0.05, 0) is 31.2 Å². The lowest BCUT2D eigenvalue weighted by atomic mass is 10.0. The number of carbonyl (C=O) groups excluding carboxylic acids is 2. The first-order valence-electron chi connectivity index (χ1n) is 9.61. The Bertz CT molecular complexity index is 891. The van der Waals surface area contributed by atoms with Crippen molar-refractivity contribution in [1.82, 2.24) is 14.8 Å². The van der Waals surface area contributed by atoms with Crippen LogP contribution in [0.1, 0.15) is 22.8 Å². The number of ketones is 1. The highest BCUT2D eigenvalue weighted by molar-refractivity contribution is 9.10. The number of nitrogens with zero attached hydrogens (tertiary/aromatic N) is 2. The van der Waals surface area contributed by atoms with Crippen LogP contribution in [0.15, 0.2) is 57.9 Å². The van der Waals surface area contributed by atoms with Gasteiger partial charge in [-0.1, -0.05) is 34.1 Å². The minimum absolute atomic E-state index is 0.373. The van der Waals surface area contributed by atoms with E-state index in [1.807, 2.05) is 0 Å². The molecule has 0 spiro atoms. The molecule has 1 saturated heterocycles. The Kier molecular flexibility index (Phi) is 7.74. The summed E-state index contributed by atoms with van der Waals surface area (Å²) in [5.41, 5.74) is -0.0242. The van der Waals surface area contributed by atoms with E-state index in [0.717, 1.165) is 43.7 Å². The summed E-state index contributed by atoms with van der Waals surface area (Å²) in [7, 11) is 0. The van der Waals surface area contributed by atoms with E-state index >= 15 is 0 Å². The molecular weight excluding hydrogens is 438 g/mol. The molecule has 1 aromatic heterocycles. The van der Waals surface area contributed by atoms with Gasteiger partial charge in [-0.3, -0.25) is 23.9 Å². The van der Waals surface area contributed by atoms with Crippen LogP contribution in [0.2, 0.25) is 0 Å². The molecule has 1 atom stereocenters. The maximum atomic E-state index is 13.1. The quantitative estimate of drug-likeness (QED) is 0.368. The number of aromatic nitrogens is 1. The smallest absolute Gasteiger partial charge is 0.251 e. The summed E-state index contributed by atoms with van der Waals surface area (Å²) < 4.78 is 7.34. The Morgan fingerprint density at radius 3 is 2.52 bits per heavy atom. The number of Topliss-reactive ketones (excluding diaryl/α,β-unsaturated/α-hetero) is 1. The molecule has 154 valence electrons. The highest BCUT2D eigenvalue weighted by atomic mass is 79.9. The molecule has 1 amide bonds. The number of halogens is 1. The highest BCUT2D eigenvalue weighted by Gasteiger charge is 2.29. The van der Waals surface area contributed by atoms with Crippen LogP contribution >= 0.6 is 15.9 Å². The van der Waals surface area contributed by atoms with Crippen molar-refractivity contribution in [3.05, 3.63) is 69.1 Å². The normalized spacial score (nSPS) is 15.6. The van der Waals surface area contributed by atoms with Crippen molar-refractivity contribution >= 4 is 27.6 Å². The lowest BCUT2D eigenvalue weighted by Gasteiger charge is -2.26. The van der Waals surface area contributed by atoms with E-state index < -0.39 is 23.3 Å². The molecule has 0 radical (unpaired) electrons. The molecule has 1 aliphatic rings. The van der Waals surface area contributed by atoms with E-state index in [0.29, 0.717) is 12.1 Å². The van der Waals surface area contributed by atoms with Gasteiger partial charge in [0.05, 0.1) is 13.2 Å². The number of amides is 1. The van der Waals surface area contributed by atoms with Gasteiger partial charge in [-0.15, -0.1) is 0 Å². The Balaban J connectivity index is 1.69. The summed E-state index contributed by atoms with van der Waals surface area (Å²) in [6, 6.07) is 10.1. The molecule has 29 heavy (non-hydrogen) atoms. The molecule has 8 heteroatoms. The molecule has 7 nitrogen and oxygen atoms in total. The number of pyridine rings is 1. The second-order valence-corrected chi connectivity index (χ2v) is 7.73. The third kappa shape index (κ3) is 5.85. The molecule has 0 saturated carbocycles. The molecule has 0 unspecified atom stereocenters. The van der Waals surface area contributed by atoms with Crippen molar-refractivity contribution in [2.24, 2.45) is 0 Å². The average molecular weight is 462 g/mol. The van der Waals surface area contributed by atoms with E-state index in [4.69, 9.17) is 4.74 Å². The van der Waals surface area contributed by atoms with E-state index in [9.17, 15) is 14.4 Å². The van der Waals surface area contributed by atoms with Gasteiger partial charge < -0.3 is 10.1 Å².